The molecule has 0 spiro atoms. The number of aryl methyl sites for hydroxylation is 2. The average molecular weight is 406 g/mol. The summed E-state index contributed by atoms with van der Waals surface area (Å²) in [7, 11) is 0. The van der Waals surface area contributed by atoms with Crippen LogP contribution in [-0.2, 0) is 4.74 Å². The minimum absolute atomic E-state index is 0.187. The second kappa shape index (κ2) is 8.08. The van der Waals surface area contributed by atoms with E-state index in [1.54, 1.807) is 37.1 Å². The van der Waals surface area contributed by atoms with E-state index in [0.29, 0.717) is 36.8 Å². The molecule has 0 saturated carbocycles. The van der Waals surface area contributed by atoms with Crippen molar-refractivity contribution in [2.75, 3.05) is 19.7 Å². The topological polar surface area (TPSA) is 112 Å². The van der Waals surface area contributed by atoms with Crippen molar-refractivity contribution in [2.45, 2.75) is 20.0 Å². The number of carbonyl (C=O) groups excluding carboxylic acids is 2. The Labute approximate surface area is 173 Å². The summed E-state index contributed by atoms with van der Waals surface area (Å²) in [6, 6.07) is 10.9. The molecule has 1 atom stereocenters. The van der Waals surface area contributed by atoms with Gasteiger partial charge in [-0.15, -0.1) is 0 Å². The number of pyridine rings is 1. The van der Waals surface area contributed by atoms with Crippen LogP contribution >= 0.6 is 0 Å². The van der Waals surface area contributed by atoms with E-state index in [-0.39, 0.29) is 17.8 Å². The second-order valence-electron chi connectivity index (χ2n) is 7.17. The first-order chi connectivity index (χ1) is 14.4. The molecule has 1 aliphatic rings. The molecule has 8 heteroatoms. The van der Waals surface area contributed by atoms with E-state index < -0.39 is 5.91 Å². The maximum absolute atomic E-state index is 12.8. The van der Waals surface area contributed by atoms with Crippen molar-refractivity contribution in [2.24, 2.45) is 5.73 Å². The number of hydrogen-bond donors (Lipinski definition) is 1. The van der Waals surface area contributed by atoms with Crippen molar-refractivity contribution in [3.8, 4) is 11.1 Å². The molecule has 30 heavy (non-hydrogen) atoms. The molecule has 3 heterocycles. The molecule has 0 aliphatic carbocycles. The fourth-order valence-electron chi connectivity index (χ4n) is 3.48. The number of primary amides is 1. The number of hydrogen-bond acceptors (Lipinski definition) is 6. The zero-order chi connectivity index (χ0) is 21.3. The summed E-state index contributed by atoms with van der Waals surface area (Å²) >= 11 is 0. The Bertz CT molecular complexity index is 1070. The monoisotopic (exact) mass is 406 g/mol. The molecule has 0 bridgehead atoms. The van der Waals surface area contributed by atoms with Crippen molar-refractivity contribution >= 4 is 11.8 Å². The first kappa shape index (κ1) is 19.8. The Morgan fingerprint density at radius 1 is 1.10 bits per heavy atom. The van der Waals surface area contributed by atoms with Crippen LogP contribution in [0.1, 0.15) is 44.3 Å². The van der Waals surface area contributed by atoms with E-state index in [1.807, 2.05) is 24.3 Å². The number of morpholine rings is 1. The van der Waals surface area contributed by atoms with Crippen LogP contribution in [0, 0.1) is 13.8 Å². The molecule has 154 valence electrons. The van der Waals surface area contributed by atoms with Crippen LogP contribution in [-0.4, -0.2) is 46.4 Å². The third-order valence-electron chi connectivity index (χ3n) is 5.07. The first-order valence-corrected chi connectivity index (χ1v) is 9.63. The Kier molecular flexibility index (Phi) is 5.33. The zero-order valence-electron chi connectivity index (χ0n) is 16.8. The lowest BCUT2D eigenvalue weighted by Gasteiger charge is -2.32. The molecule has 1 aliphatic heterocycles. The van der Waals surface area contributed by atoms with Crippen LogP contribution in [0.5, 0.6) is 0 Å². The van der Waals surface area contributed by atoms with Crippen molar-refractivity contribution < 1.29 is 18.7 Å². The van der Waals surface area contributed by atoms with Gasteiger partial charge in [-0.25, -0.2) is 4.98 Å². The number of ether oxygens (including phenoxy) is 1. The van der Waals surface area contributed by atoms with Gasteiger partial charge in [0, 0.05) is 30.8 Å². The molecule has 2 N–H and O–H groups in total. The molecule has 8 nitrogen and oxygen atoms in total. The van der Waals surface area contributed by atoms with Gasteiger partial charge in [0.15, 0.2) is 5.89 Å². The molecule has 1 saturated heterocycles. The molecule has 0 radical (unpaired) electrons. The van der Waals surface area contributed by atoms with E-state index in [4.69, 9.17) is 14.9 Å². The second-order valence-corrected chi connectivity index (χ2v) is 7.17. The number of nitrogens with two attached hydrogens (primary N) is 1. The standard InChI is InChI=1S/C22H22N4O4/c1-13-20(30-14(2)25-13)22(28)26-9-10-29-19(12-26)18-8-7-17(11-24-18)15-3-5-16(6-4-15)21(23)27/h3-8,11,19H,9-10,12H2,1-2H3,(H2,23,27)/t19-/m0/s1. The Morgan fingerprint density at radius 3 is 2.43 bits per heavy atom. The summed E-state index contributed by atoms with van der Waals surface area (Å²) in [6.07, 6.45) is 1.43. The summed E-state index contributed by atoms with van der Waals surface area (Å²) in [6.45, 7) is 4.77. The third kappa shape index (κ3) is 3.95. The van der Waals surface area contributed by atoms with Crippen LogP contribution in [0.2, 0.25) is 0 Å². The minimum atomic E-state index is -0.459. The van der Waals surface area contributed by atoms with E-state index in [2.05, 4.69) is 9.97 Å². The number of rotatable bonds is 4. The fraction of sp³-hybridized carbons (Fsp3) is 0.273. The minimum Gasteiger partial charge on any atom is -0.436 e. The third-order valence-corrected chi connectivity index (χ3v) is 5.07. The summed E-state index contributed by atoms with van der Waals surface area (Å²) < 4.78 is 11.3. The van der Waals surface area contributed by atoms with Gasteiger partial charge >= 0.3 is 0 Å². The maximum Gasteiger partial charge on any atom is 0.291 e. The fourth-order valence-corrected chi connectivity index (χ4v) is 3.48. The number of benzene rings is 1. The molecule has 1 fully saturated rings. The Hall–Kier alpha value is -3.52. The molecule has 0 unspecified atom stereocenters. The van der Waals surface area contributed by atoms with Gasteiger partial charge in [0.1, 0.15) is 6.10 Å². The zero-order valence-corrected chi connectivity index (χ0v) is 16.8. The summed E-state index contributed by atoms with van der Waals surface area (Å²) in [4.78, 5) is 34.4. The van der Waals surface area contributed by atoms with Crippen molar-refractivity contribution in [3.05, 3.63) is 71.2 Å². The van der Waals surface area contributed by atoms with Gasteiger partial charge < -0.3 is 19.8 Å². The molecular weight excluding hydrogens is 384 g/mol. The van der Waals surface area contributed by atoms with Gasteiger partial charge in [-0.3, -0.25) is 14.6 Å². The number of aromatic nitrogens is 2. The van der Waals surface area contributed by atoms with Crippen molar-refractivity contribution in [1.82, 2.24) is 14.9 Å². The van der Waals surface area contributed by atoms with Crippen molar-refractivity contribution in [1.29, 1.82) is 0 Å². The van der Waals surface area contributed by atoms with Crippen molar-refractivity contribution in [3.63, 3.8) is 0 Å². The first-order valence-electron chi connectivity index (χ1n) is 9.63. The molecule has 1 aromatic carbocycles. The van der Waals surface area contributed by atoms with Gasteiger partial charge in [-0.05, 0) is 30.7 Å². The lowest BCUT2D eigenvalue weighted by molar-refractivity contribution is -0.0257. The highest BCUT2D eigenvalue weighted by Crippen LogP contribution is 2.25. The smallest absolute Gasteiger partial charge is 0.291 e. The highest BCUT2D eigenvalue weighted by Gasteiger charge is 2.29. The summed E-state index contributed by atoms with van der Waals surface area (Å²) in [5.41, 5.74) is 8.91. The molecule has 2 aromatic heterocycles. The normalized spacial score (nSPS) is 16.5. The highest BCUT2D eigenvalue weighted by atomic mass is 16.5. The predicted octanol–water partition coefficient (Wildman–Crippen LogP) is 2.67. The van der Waals surface area contributed by atoms with Gasteiger partial charge in [0.2, 0.25) is 11.7 Å². The van der Waals surface area contributed by atoms with Gasteiger partial charge in [0.05, 0.1) is 24.5 Å². The Balaban J connectivity index is 1.48. The molecule has 3 aromatic rings. The molecule has 2 amide bonds. The summed E-state index contributed by atoms with van der Waals surface area (Å²) in [5, 5.41) is 0. The number of oxazole rings is 1. The van der Waals surface area contributed by atoms with Crippen LogP contribution in [0.25, 0.3) is 11.1 Å². The van der Waals surface area contributed by atoms with E-state index >= 15 is 0 Å². The van der Waals surface area contributed by atoms with Crippen LogP contribution in [0.4, 0.5) is 0 Å². The van der Waals surface area contributed by atoms with Gasteiger partial charge in [-0.1, -0.05) is 18.2 Å². The Morgan fingerprint density at radius 2 is 1.83 bits per heavy atom. The highest BCUT2D eigenvalue weighted by molar-refractivity contribution is 5.93. The number of amides is 2. The largest absolute Gasteiger partial charge is 0.436 e. The molecule has 4 rings (SSSR count). The van der Waals surface area contributed by atoms with Crippen LogP contribution in [0.15, 0.2) is 47.0 Å². The lowest BCUT2D eigenvalue weighted by atomic mass is 10.0. The lowest BCUT2D eigenvalue weighted by Crippen LogP contribution is -2.42. The van der Waals surface area contributed by atoms with Crippen LogP contribution in [0.3, 0.4) is 0 Å². The molecular formula is C22H22N4O4. The number of carbonyl (C=O) groups is 2. The quantitative estimate of drug-likeness (QED) is 0.713. The average Bonchev–Trinajstić information content (AvgIpc) is 3.11. The van der Waals surface area contributed by atoms with E-state index in [9.17, 15) is 9.59 Å². The van der Waals surface area contributed by atoms with E-state index in [0.717, 1.165) is 16.8 Å². The number of nitrogens with zero attached hydrogens (tertiary/aromatic N) is 3. The van der Waals surface area contributed by atoms with Crippen LogP contribution < -0.4 is 5.73 Å². The SMILES string of the molecule is Cc1nc(C)c(C(=O)N2CCO[C@H](c3ccc(-c4ccc(C(N)=O)cc4)cn3)C2)o1. The van der Waals surface area contributed by atoms with E-state index in [1.165, 1.54) is 0 Å². The van der Waals surface area contributed by atoms with Gasteiger partial charge in [0.25, 0.3) is 5.91 Å². The summed E-state index contributed by atoms with van der Waals surface area (Å²) in [5.74, 6) is 0.101. The maximum atomic E-state index is 12.8. The predicted molar refractivity (Wildman–Crippen MR) is 109 cm³/mol. The van der Waals surface area contributed by atoms with Gasteiger partial charge in [-0.2, -0.15) is 0 Å².